The predicted octanol–water partition coefficient (Wildman–Crippen LogP) is -5.50. The molecule has 1 aliphatic carbocycles. The molecular formula is C26H53N5O10. The Hall–Kier alpha value is -0.600. The molecule has 15 N–H and O–H groups in total. The Bertz CT molecular complexity index is 772. The zero-order valence-electron chi connectivity index (χ0n) is 24.0. The fraction of sp³-hybridized carbons (Fsp3) is 1.00. The van der Waals surface area contributed by atoms with Gasteiger partial charge in [-0.15, -0.1) is 0 Å². The summed E-state index contributed by atoms with van der Waals surface area (Å²) in [5.74, 6) is -1.03. The van der Waals surface area contributed by atoms with Crippen molar-refractivity contribution in [2.45, 2.75) is 106 Å². The molecule has 15 heteroatoms. The highest BCUT2D eigenvalue weighted by molar-refractivity contribution is 5.06. The normalized spacial score (nSPS) is 44.7. The Balaban J connectivity index is 1.84. The molecule has 15 atom stereocenters. The third kappa shape index (κ3) is 8.32. The van der Waals surface area contributed by atoms with Crippen molar-refractivity contribution >= 4 is 0 Å². The molecule has 0 aromatic rings. The number of aliphatic hydroxyl groups is 7. The van der Waals surface area contributed by atoms with Gasteiger partial charge in [0.1, 0.15) is 12.2 Å². The van der Waals surface area contributed by atoms with Crippen LogP contribution in [0, 0.1) is 17.8 Å². The van der Waals surface area contributed by atoms with E-state index in [4.69, 9.17) is 31.4 Å². The van der Waals surface area contributed by atoms with Gasteiger partial charge >= 0.3 is 0 Å². The predicted molar refractivity (Wildman–Crippen MR) is 147 cm³/mol. The van der Waals surface area contributed by atoms with Crippen LogP contribution < -0.4 is 27.8 Å². The molecule has 0 bridgehead atoms. The van der Waals surface area contributed by atoms with E-state index in [1.165, 1.54) is 0 Å². The average Bonchev–Trinajstić information content (AvgIpc) is 2.95. The van der Waals surface area contributed by atoms with E-state index in [0.29, 0.717) is 13.0 Å². The molecule has 2 heterocycles. The fourth-order valence-corrected chi connectivity index (χ4v) is 6.49. The third-order valence-electron chi connectivity index (χ3n) is 9.04. The number of nitrogens with one attached hydrogen (secondary N) is 2. The molecule has 242 valence electrons. The lowest BCUT2D eigenvalue weighted by molar-refractivity contribution is -0.298. The SMILES string of the molecule is C[C@@H]1[C@@H](N)[C@@H](C2[C@@H](N)C[C@@H](NC(CO)CO)[C@H](O[C@H]3O[C@H](CO)[C@@H](O)C[C@H]3O)[C@H]2C)O[C@H](CNCC(N)CO)[C@H]1O. The van der Waals surface area contributed by atoms with Crippen LogP contribution in [0.5, 0.6) is 0 Å². The lowest BCUT2D eigenvalue weighted by Crippen LogP contribution is -2.68. The molecule has 3 fully saturated rings. The minimum Gasteiger partial charge on any atom is -0.395 e. The summed E-state index contributed by atoms with van der Waals surface area (Å²) in [7, 11) is 0. The van der Waals surface area contributed by atoms with E-state index in [2.05, 4.69) is 10.6 Å². The van der Waals surface area contributed by atoms with Gasteiger partial charge in [-0.3, -0.25) is 0 Å². The Morgan fingerprint density at radius 3 is 2.20 bits per heavy atom. The van der Waals surface area contributed by atoms with E-state index in [-0.39, 0.29) is 50.5 Å². The summed E-state index contributed by atoms with van der Waals surface area (Å²) in [6, 6.07) is -2.56. The Morgan fingerprint density at radius 1 is 0.902 bits per heavy atom. The largest absolute Gasteiger partial charge is 0.395 e. The van der Waals surface area contributed by atoms with E-state index in [0.717, 1.165) is 0 Å². The molecule has 0 aromatic carbocycles. The van der Waals surface area contributed by atoms with Gasteiger partial charge < -0.3 is 77.8 Å². The minimum atomic E-state index is -1.16. The van der Waals surface area contributed by atoms with Crippen molar-refractivity contribution in [2.24, 2.45) is 35.0 Å². The molecule has 15 nitrogen and oxygen atoms in total. The molecule has 3 aliphatic rings. The standard InChI is InChI=1S/C26H53N5O10/c1-11-21(25-22(29)12(2)23(38)19(39-25)6-30-5-13(27)7-32)15(28)3-16(31-14(8-33)9-34)24(11)41-26-18(37)4-17(36)20(10-35)40-26/h11-26,30-38H,3-10,27-29H2,1-2H3/t11-,12+,13?,15-,16+,17-,18+,19+,20+,21?,22+,23-,24+,25+,26+/m0/s1. The summed E-state index contributed by atoms with van der Waals surface area (Å²) in [5.41, 5.74) is 19.2. The minimum absolute atomic E-state index is 0.0471. The fourth-order valence-electron chi connectivity index (χ4n) is 6.49. The van der Waals surface area contributed by atoms with Crippen molar-refractivity contribution in [1.29, 1.82) is 0 Å². The van der Waals surface area contributed by atoms with Crippen molar-refractivity contribution in [3.8, 4) is 0 Å². The van der Waals surface area contributed by atoms with Crippen LogP contribution in [0.1, 0.15) is 26.7 Å². The van der Waals surface area contributed by atoms with Gasteiger partial charge in [0.2, 0.25) is 0 Å². The molecule has 0 aromatic heterocycles. The second-order valence-electron chi connectivity index (χ2n) is 12.0. The highest BCUT2D eigenvalue weighted by Gasteiger charge is 2.53. The number of hydrogen-bond acceptors (Lipinski definition) is 15. The van der Waals surface area contributed by atoms with Crippen molar-refractivity contribution in [2.75, 3.05) is 39.5 Å². The first-order chi connectivity index (χ1) is 19.5. The van der Waals surface area contributed by atoms with Gasteiger partial charge in [0.05, 0.1) is 63.0 Å². The average molecular weight is 596 g/mol. The van der Waals surface area contributed by atoms with Crippen LogP contribution in [-0.2, 0) is 14.2 Å². The first-order valence-corrected chi connectivity index (χ1v) is 14.6. The summed E-state index contributed by atoms with van der Waals surface area (Å²) in [5, 5.41) is 76.3. The zero-order valence-corrected chi connectivity index (χ0v) is 24.0. The second kappa shape index (κ2) is 15.9. The van der Waals surface area contributed by atoms with E-state index in [1.807, 2.05) is 13.8 Å². The van der Waals surface area contributed by atoms with Crippen LogP contribution in [0.15, 0.2) is 0 Å². The van der Waals surface area contributed by atoms with Crippen LogP contribution in [0.4, 0.5) is 0 Å². The second-order valence-corrected chi connectivity index (χ2v) is 12.0. The van der Waals surface area contributed by atoms with Gasteiger partial charge in [0.25, 0.3) is 0 Å². The van der Waals surface area contributed by atoms with E-state index < -0.39 is 85.8 Å². The van der Waals surface area contributed by atoms with Crippen molar-refractivity contribution in [3.63, 3.8) is 0 Å². The number of aliphatic hydroxyl groups excluding tert-OH is 7. The molecule has 0 radical (unpaired) electrons. The van der Waals surface area contributed by atoms with E-state index >= 15 is 0 Å². The molecule has 0 spiro atoms. The van der Waals surface area contributed by atoms with Gasteiger partial charge in [-0.1, -0.05) is 13.8 Å². The number of hydrogen-bond donors (Lipinski definition) is 12. The summed E-state index contributed by atoms with van der Waals surface area (Å²) in [4.78, 5) is 0. The maximum Gasteiger partial charge on any atom is 0.184 e. The highest BCUT2D eigenvalue weighted by atomic mass is 16.7. The van der Waals surface area contributed by atoms with Crippen molar-refractivity contribution in [1.82, 2.24) is 10.6 Å². The summed E-state index contributed by atoms with van der Waals surface area (Å²) >= 11 is 0. The third-order valence-corrected chi connectivity index (χ3v) is 9.04. The smallest absolute Gasteiger partial charge is 0.184 e. The molecule has 1 saturated carbocycles. The van der Waals surface area contributed by atoms with Crippen LogP contribution in [-0.4, -0.2) is 154 Å². The van der Waals surface area contributed by atoms with Crippen LogP contribution >= 0.6 is 0 Å². The number of nitrogens with two attached hydrogens (primary N) is 3. The summed E-state index contributed by atoms with van der Waals surface area (Å²) in [6.07, 6.45) is -6.69. The van der Waals surface area contributed by atoms with E-state index in [9.17, 15) is 35.7 Å². The quantitative estimate of drug-likeness (QED) is 0.0946. The highest BCUT2D eigenvalue weighted by Crippen LogP contribution is 2.41. The monoisotopic (exact) mass is 595 g/mol. The Labute approximate surface area is 241 Å². The maximum absolute atomic E-state index is 10.9. The lowest BCUT2D eigenvalue weighted by Gasteiger charge is -2.53. The van der Waals surface area contributed by atoms with Gasteiger partial charge in [-0.05, 0) is 12.3 Å². The number of ether oxygens (including phenoxy) is 3. The van der Waals surface area contributed by atoms with Crippen LogP contribution in [0.3, 0.4) is 0 Å². The molecule has 41 heavy (non-hydrogen) atoms. The Kier molecular flexibility index (Phi) is 13.6. The van der Waals surface area contributed by atoms with Gasteiger partial charge in [-0.25, -0.2) is 0 Å². The Morgan fingerprint density at radius 2 is 1.59 bits per heavy atom. The van der Waals surface area contributed by atoms with Crippen molar-refractivity contribution in [3.05, 3.63) is 0 Å². The molecule has 2 aliphatic heterocycles. The summed E-state index contributed by atoms with van der Waals surface area (Å²) in [6.45, 7) is 3.11. The van der Waals surface area contributed by atoms with Gasteiger partial charge in [-0.2, -0.15) is 0 Å². The van der Waals surface area contributed by atoms with Crippen LogP contribution in [0.25, 0.3) is 0 Å². The summed E-state index contributed by atoms with van der Waals surface area (Å²) < 4.78 is 18.5. The first-order valence-electron chi connectivity index (χ1n) is 14.6. The van der Waals surface area contributed by atoms with E-state index in [1.54, 1.807) is 0 Å². The molecular weight excluding hydrogens is 542 g/mol. The zero-order chi connectivity index (χ0) is 30.4. The molecule has 3 rings (SSSR count). The van der Waals surface area contributed by atoms with Gasteiger partial charge in [0.15, 0.2) is 6.29 Å². The molecule has 2 unspecified atom stereocenters. The topological polar surface area (TPSA) is 271 Å². The maximum atomic E-state index is 10.9. The molecule has 0 amide bonds. The molecule has 2 saturated heterocycles. The van der Waals surface area contributed by atoms with Crippen LogP contribution in [0.2, 0.25) is 0 Å². The van der Waals surface area contributed by atoms with Crippen molar-refractivity contribution < 1.29 is 50.0 Å². The van der Waals surface area contributed by atoms with Gasteiger partial charge in [0, 0.05) is 55.5 Å². The lowest BCUT2D eigenvalue weighted by atomic mass is 9.66. The first kappa shape index (κ1) is 34.9. The number of rotatable bonds is 13.